The fraction of sp³-hybridized carbons (Fsp3) is 0.316. The molecule has 0 atom stereocenters. The van der Waals surface area contributed by atoms with Gasteiger partial charge in [-0.25, -0.2) is 4.98 Å². The van der Waals surface area contributed by atoms with Gasteiger partial charge < -0.3 is 14.6 Å². The molecule has 2 aromatic heterocycles. The zero-order valence-electron chi connectivity index (χ0n) is 14.7. The zero-order valence-corrected chi connectivity index (χ0v) is 14.7. The van der Waals surface area contributed by atoms with E-state index in [1.165, 1.54) is 0 Å². The monoisotopic (exact) mass is 338 g/mol. The van der Waals surface area contributed by atoms with Gasteiger partial charge in [-0.05, 0) is 38.0 Å². The van der Waals surface area contributed by atoms with Gasteiger partial charge in [0.25, 0.3) is 5.91 Å². The van der Waals surface area contributed by atoms with Crippen molar-refractivity contribution in [3.05, 3.63) is 54.1 Å². The Hall–Kier alpha value is -2.89. The number of benzene rings is 1. The predicted octanol–water partition coefficient (Wildman–Crippen LogP) is 2.73. The third-order valence-electron chi connectivity index (χ3n) is 3.86. The van der Waals surface area contributed by atoms with Crippen molar-refractivity contribution in [2.45, 2.75) is 26.4 Å². The van der Waals surface area contributed by atoms with E-state index in [9.17, 15) is 4.79 Å². The fourth-order valence-corrected chi connectivity index (χ4v) is 2.70. The van der Waals surface area contributed by atoms with E-state index in [-0.39, 0.29) is 12.0 Å². The number of pyridine rings is 1. The average molecular weight is 338 g/mol. The Bertz CT molecular complexity index is 869. The van der Waals surface area contributed by atoms with Gasteiger partial charge in [-0.15, -0.1) is 0 Å². The lowest BCUT2D eigenvalue weighted by Crippen LogP contribution is -2.26. The van der Waals surface area contributed by atoms with Crippen molar-refractivity contribution >= 4 is 16.9 Å². The molecule has 0 aliphatic heterocycles. The van der Waals surface area contributed by atoms with Gasteiger partial charge in [0.1, 0.15) is 11.3 Å². The van der Waals surface area contributed by atoms with E-state index >= 15 is 0 Å². The first-order chi connectivity index (χ1) is 12.0. The zero-order chi connectivity index (χ0) is 17.8. The van der Waals surface area contributed by atoms with Crippen LogP contribution in [-0.4, -0.2) is 33.1 Å². The minimum atomic E-state index is -0.138. The second-order valence-corrected chi connectivity index (χ2v) is 6.23. The topological polar surface area (TPSA) is 69.0 Å². The Morgan fingerprint density at radius 3 is 2.72 bits per heavy atom. The summed E-state index contributed by atoms with van der Waals surface area (Å²) < 4.78 is 7.46. The molecular weight excluding hydrogens is 316 g/mol. The molecule has 0 unspecified atom stereocenters. The van der Waals surface area contributed by atoms with Crippen LogP contribution in [0.4, 0.5) is 0 Å². The molecule has 0 spiro atoms. The summed E-state index contributed by atoms with van der Waals surface area (Å²) in [5.74, 6) is 0.721. The molecule has 25 heavy (non-hydrogen) atoms. The maximum atomic E-state index is 12.5. The van der Waals surface area contributed by atoms with Gasteiger partial charge in [-0.2, -0.15) is 0 Å². The van der Waals surface area contributed by atoms with E-state index < -0.39 is 0 Å². The van der Waals surface area contributed by atoms with Gasteiger partial charge in [-0.1, -0.05) is 12.1 Å². The Labute approximate surface area is 146 Å². The first-order valence-corrected chi connectivity index (χ1v) is 8.33. The smallest absolute Gasteiger partial charge is 0.255 e. The third kappa shape index (κ3) is 3.96. The molecule has 1 aromatic carbocycles. The quantitative estimate of drug-likeness (QED) is 0.750. The largest absolute Gasteiger partial charge is 0.491 e. The van der Waals surface area contributed by atoms with Gasteiger partial charge in [0.05, 0.1) is 29.7 Å². The molecule has 2 heterocycles. The van der Waals surface area contributed by atoms with Crippen molar-refractivity contribution < 1.29 is 9.53 Å². The van der Waals surface area contributed by atoms with Crippen molar-refractivity contribution in [1.29, 1.82) is 0 Å². The number of hydrogen-bond acceptors (Lipinski definition) is 4. The standard InChI is InChI=1S/C19H22N4O2/c1-13(2)25-15-6-4-14(5-7-15)8-9-21-19(24)16-10-20-11-17-18(16)23(3)12-22-17/h4-7,10-13H,8-9H2,1-3H3,(H,21,24). The lowest BCUT2D eigenvalue weighted by molar-refractivity contribution is 0.0955. The molecule has 3 aromatic rings. The number of aromatic nitrogens is 3. The van der Waals surface area contributed by atoms with E-state index in [4.69, 9.17) is 4.74 Å². The van der Waals surface area contributed by atoms with E-state index in [0.717, 1.165) is 28.8 Å². The fourth-order valence-electron chi connectivity index (χ4n) is 2.70. The number of nitrogens with zero attached hydrogens (tertiary/aromatic N) is 3. The maximum absolute atomic E-state index is 12.5. The van der Waals surface area contributed by atoms with Crippen LogP contribution in [0.2, 0.25) is 0 Å². The number of hydrogen-bond donors (Lipinski definition) is 1. The summed E-state index contributed by atoms with van der Waals surface area (Å²) in [7, 11) is 1.87. The molecule has 6 heteroatoms. The van der Waals surface area contributed by atoms with Crippen LogP contribution < -0.4 is 10.1 Å². The summed E-state index contributed by atoms with van der Waals surface area (Å²) in [6.45, 7) is 4.56. The van der Waals surface area contributed by atoms with Crippen molar-refractivity contribution in [2.75, 3.05) is 6.54 Å². The first-order valence-electron chi connectivity index (χ1n) is 8.33. The molecule has 0 saturated heterocycles. The van der Waals surface area contributed by atoms with Crippen LogP contribution in [0.15, 0.2) is 43.0 Å². The molecule has 0 bridgehead atoms. The van der Waals surface area contributed by atoms with Crippen molar-refractivity contribution in [2.24, 2.45) is 7.05 Å². The number of amides is 1. The number of rotatable bonds is 6. The van der Waals surface area contributed by atoms with Crippen molar-refractivity contribution in [3.63, 3.8) is 0 Å². The number of aryl methyl sites for hydroxylation is 1. The minimum absolute atomic E-state index is 0.138. The molecular formula is C19H22N4O2. The lowest BCUT2D eigenvalue weighted by Gasteiger charge is -2.10. The van der Waals surface area contributed by atoms with Crippen LogP contribution in [0.5, 0.6) is 5.75 Å². The summed E-state index contributed by atoms with van der Waals surface area (Å²) >= 11 is 0. The second-order valence-electron chi connectivity index (χ2n) is 6.23. The number of fused-ring (bicyclic) bond motifs is 1. The van der Waals surface area contributed by atoms with Crippen LogP contribution in [0.25, 0.3) is 11.0 Å². The Morgan fingerprint density at radius 1 is 1.24 bits per heavy atom. The number of nitrogens with one attached hydrogen (secondary N) is 1. The molecule has 6 nitrogen and oxygen atoms in total. The van der Waals surface area contributed by atoms with E-state index in [0.29, 0.717) is 12.1 Å². The first kappa shape index (κ1) is 17.0. The number of carbonyl (C=O) groups excluding carboxylic acids is 1. The predicted molar refractivity (Wildman–Crippen MR) is 96.8 cm³/mol. The molecule has 0 aliphatic rings. The van der Waals surface area contributed by atoms with Crippen molar-refractivity contribution in [3.8, 4) is 5.75 Å². The molecule has 0 saturated carbocycles. The molecule has 0 aliphatic carbocycles. The Balaban J connectivity index is 1.60. The summed E-state index contributed by atoms with van der Waals surface area (Å²) in [6, 6.07) is 7.95. The highest BCUT2D eigenvalue weighted by Gasteiger charge is 2.13. The van der Waals surface area contributed by atoms with Gasteiger partial charge in [0.15, 0.2) is 0 Å². The highest BCUT2D eigenvalue weighted by molar-refractivity contribution is 6.04. The molecule has 130 valence electrons. The maximum Gasteiger partial charge on any atom is 0.255 e. The lowest BCUT2D eigenvalue weighted by atomic mass is 10.1. The van der Waals surface area contributed by atoms with Crippen LogP contribution in [-0.2, 0) is 13.5 Å². The number of ether oxygens (including phenoxy) is 1. The highest BCUT2D eigenvalue weighted by atomic mass is 16.5. The van der Waals surface area contributed by atoms with Gasteiger partial charge in [0.2, 0.25) is 0 Å². The third-order valence-corrected chi connectivity index (χ3v) is 3.86. The SMILES string of the molecule is CC(C)Oc1ccc(CCNC(=O)c2cncc3ncn(C)c23)cc1. The molecule has 0 fully saturated rings. The summed E-state index contributed by atoms with van der Waals surface area (Å²) in [5.41, 5.74) is 3.20. The van der Waals surface area contributed by atoms with Crippen LogP contribution >= 0.6 is 0 Å². The highest BCUT2D eigenvalue weighted by Crippen LogP contribution is 2.16. The second kappa shape index (κ2) is 7.34. The Morgan fingerprint density at radius 2 is 2.00 bits per heavy atom. The summed E-state index contributed by atoms with van der Waals surface area (Å²) in [4.78, 5) is 20.8. The van der Waals surface area contributed by atoms with Crippen molar-refractivity contribution in [1.82, 2.24) is 19.9 Å². The molecule has 0 radical (unpaired) electrons. The minimum Gasteiger partial charge on any atom is -0.491 e. The van der Waals surface area contributed by atoms with Gasteiger partial charge in [-0.3, -0.25) is 9.78 Å². The summed E-state index contributed by atoms with van der Waals surface area (Å²) in [6.07, 6.45) is 5.84. The van der Waals surface area contributed by atoms with E-state index in [2.05, 4.69) is 15.3 Å². The molecule has 1 N–H and O–H groups in total. The molecule has 1 amide bonds. The number of imidazole rings is 1. The average Bonchev–Trinajstić information content (AvgIpc) is 2.97. The van der Waals surface area contributed by atoms with Crippen LogP contribution in [0.3, 0.4) is 0 Å². The van der Waals surface area contributed by atoms with Crippen LogP contribution in [0.1, 0.15) is 29.8 Å². The van der Waals surface area contributed by atoms with Crippen LogP contribution in [0, 0.1) is 0 Å². The molecule has 3 rings (SSSR count). The Kier molecular flexibility index (Phi) is 4.97. The normalized spacial score (nSPS) is 11.0. The van der Waals surface area contributed by atoms with E-state index in [1.807, 2.05) is 49.7 Å². The van der Waals surface area contributed by atoms with E-state index in [1.54, 1.807) is 18.7 Å². The van der Waals surface area contributed by atoms with Gasteiger partial charge >= 0.3 is 0 Å². The summed E-state index contributed by atoms with van der Waals surface area (Å²) in [5, 5.41) is 2.95. The van der Waals surface area contributed by atoms with Gasteiger partial charge in [0, 0.05) is 19.8 Å². The number of carbonyl (C=O) groups is 1.